The second-order valence-electron chi connectivity index (χ2n) is 5.10. The van der Waals surface area contributed by atoms with Crippen molar-refractivity contribution in [3.63, 3.8) is 0 Å². The van der Waals surface area contributed by atoms with Gasteiger partial charge in [0.25, 0.3) is 0 Å². The van der Waals surface area contributed by atoms with E-state index in [2.05, 4.69) is 5.32 Å². The number of hydrogen-bond donors (Lipinski definition) is 1. The number of rotatable bonds is 8. The van der Waals surface area contributed by atoms with Crippen molar-refractivity contribution in [2.45, 2.75) is 32.1 Å². The van der Waals surface area contributed by atoms with Gasteiger partial charge in [-0.2, -0.15) is 0 Å². The third-order valence-corrected chi connectivity index (χ3v) is 5.61. The number of nitrogens with one attached hydrogen (secondary N) is 1. The van der Waals surface area contributed by atoms with Crippen molar-refractivity contribution in [3.8, 4) is 11.5 Å². The van der Waals surface area contributed by atoms with Crippen molar-refractivity contribution in [1.29, 1.82) is 0 Å². The summed E-state index contributed by atoms with van der Waals surface area (Å²) in [5, 5.41) is 2.83. The molecule has 0 radical (unpaired) electrons. The Hall–Kier alpha value is -1.27. The predicted molar refractivity (Wildman–Crippen MR) is 84.9 cm³/mol. The van der Waals surface area contributed by atoms with Crippen LogP contribution in [-0.2, 0) is 9.84 Å². The van der Waals surface area contributed by atoms with Crippen LogP contribution in [0.2, 0.25) is 0 Å². The Morgan fingerprint density at radius 1 is 1.14 bits per heavy atom. The molecule has 0 amide bonds. The lowest BCUT2D eigenvalue weighted by Crippen LogP contribution is -2.31. The highest BCUT2D eigenvalue weighted by Crippen LogP contribution is 2.30. The molecule has 6 heteroatoms. The van der Waals surface area contributed by atoms with Gasteiger partial charge >= 0.3 is 0 Å². The first-order valence-corrected chi connectivity index (χ1v) is 8.74. The van der Waals surface area contributed by atoms with E-state index in [-0.39, 0.29) is 17.0 Å². The quantitative estimate of drug-likeness (QED) is 0.796. The molecule has 0 bridgehead atoms. The first-order valence-electron chi connectivity index (χ1n) is 7.02. The molecule has 1 unspecified atom stereocenters. The Kier molecular flexibility index (Phi) is 6.48. The smallest absolute Gasteiger partial charge is 0.161 e. The van der Waals surface area contributed by atoms with Gasteiger partial charge in [-0.25, -0.2) is 8.42 Å². The van der Waals surface area contributed by atoms with Crippen LogP contribution in [0.5, 0.6) is 11.5 Å². The SMILES string of the molecule is CCNC(CS(=O)(=O)C(C)C)c1ccc(OC)c(OC)c1. The summed E-state index contributed by atoms with van der Waals surface area (Å²) >= 11 is 0. The van der Waals surface area contributed by atoms with Crippen molar-refractivity contribution in [1.82, 2.24) is 5.32 Å². The summed E-state index contributed by atoms with van der Waals surface area (Å²) in [5.74, 6) is 1.29. The molecule has 0 aliphatic carbocycles. The van der Waals surface area contributed by atoms with E-state index in [0.29, 0.717) is 18.0 Å². The summed E-state index contributed by atoms with van der Waals surface area (Å²) in [4.78, 5) is 0. The Morgan fingerprint density at radius 2 is 1.76 bits per heavy atom. The van der Waals surface area contributed by atoms with Gasteiger partial charge in [0.05, 0.1) is 25.2 Å². The van der Waals surface area contributed by atoms with Crippen LogP contribution >= 0.6 is 0 Å². The highest BCUT2D eigenvalue weighted by atomic mass is 32.2. The number of ether oxygens (including phenoxy) is 2. The molecule has 0 spiro atoms. The minimum absolute atomic E-state index is 0.0635. The third kappa shape index (κ3) is 4.61. The van der Waals surface area contributed by atoms with Crippen molar-refractivity contribution < 1.29 is 17.9 Å². The van der Waals surface area contributed by atoms with E-state index in [1.807, 2.05) is 19.1 Å². The van der Waals surface area contributed by atoms with Crippen LogP contribution in [-0.4, -0.2) is 40.2 Å². The summed E-state index contributed by atoms with van der Waals surface area (Å²) in [6, 6.07) is 5.22. The molecule has 1 aromatic rings. The molecule has 0 fully saturated rings. The van der Waals surface area contributed by atoms with Gasteiger partial charge in [-0.3, -0.25) is 0 Å². The van der Waals surface area contributed by atoms with Crippen molar-refractivity contribution >= 4 is 9.84 Å². The monoisotopic (exact) mass is 315 g/mol. The van der Waals surface area contributed by atoms with E-state index in [9.17, 15) is 8.42 Å². The van der Waals surface area contributed by atoms with Gasteiger partial charge in [0.2, 0.25) is 0 Å². The summed E-state index contributed by atoms with van der Waals surface area (Å²) < 4.78 is 34.8. The maximum Gasteiger partial charge on any atom is 0.161 e. The molecule has 5 nitrogen and oxygen atoms in total. The van der Waals surface area contributed by atoms with E-state index in [4.69, 9.17) is 9.47 Å². The molecular weight excluding hydrogens is 290 g/mol. The van der Waals surface area contributed by atoms with E-state index in [1.54, 1.807) is 34.1 Å². The molecule has 1 aromatic carbocycles. The number of sulfone groups is 1. The van der Waals surface area contributed by atoms with E-state index < -0.39 is 9.84 Å². The van der Waals surface area contributed by atoms with Crippen LogP contribution < -0.4 is 14.8 Å². The topological polar surface area (TPSA) is 64.6 Å². The fraction of sp³-hybridized carbons (Fsp3) is 0.600. The van der Waals surface area contributed by atoms with Crippen molar-refractivity contribution in [3.05, 3.63) is 23.8 Å². The molecule has 0 aliphatic heterocycles. The van der Waals surface area contributed by atoms with Crippen LogP contribution in [0.15, 0.2) is 18.2 Å². The van der Waals surface area contributed by atoms with Gasteiger partial charge in [-0.15, -0.1) is 0 Å². The van der Waals surface area contributed by atoms with Gasteiger partial charge in [0, 0.05) is 6.04 Å². The Morgan fingerprint density at radius 3 is 2.24 bits per heavy atom. The van der Waals surface area contributed by atoms with Crippen molar-refractivity contribution in [2.75, 3.05) is 26.5 Å². The first-order chi connectivity index (χ1) is 9.85. The summed E-state index contributed by atoms with van der Waals surface area (Å²) in [7, 11) is -0.00140. The first kappa shape index (κ1) is 17.8. The lowest BCUT2D eigenvalue weighted by Gasteiger charge is -2.21. The molecule has 0 aromatic heterocycles. The van der Waals surface area contributed by atoms with E-state index >= 15 is 0 Å². The highest BCUT2D eigenvalue weighted by molar-refractivity contribution is 7.92. The predicted octanol–water partition coefficient (Wildman–Crippen LogP) is 2.18. The molecule has 0 saturated heterocycles. The van der Waals surface area contributed by atoms with Crippen LogP contribution in [0.1, 0.15) is 32.4 Å². The van der Waals surface area contributed by atoms with Gasteiger partial charge in [-0.05, 0) is 38.1 Å². The average molecular weight is 315 g/mol. The zero-order valence-electron chi connectivity index (χ0n) is 13.3. The van der Waals surface area contributed by atoms with E-state index in [0.717, 1.165) is 5.56 Å². The van der Waals surface area contributed by atoms with Crippen LogP contribution in [0.4, 0.5) is 0 Å². The van der Waals surface area contributed by atoms with Gasteiger partial charge in [-0.1, -0.05) is 13.0 Å². The zero-order valence-corrected chi connectivity index (χ0v) is 14.2. The fourth-order valence-electron chi connectivity index (χ4n) is 2.01. The Bertz CT molecular complexity index is 555. The average Bonchev–Trinajstić information content (AvgIpc) is 2.45. The van der Waals surface area contributed by atoms with Crippen LogP contribution in [0.25, 0.3) is 0 Å². The molecule has 120 valence electrons. The second kappa shape index (κ2) is 7.66. The Labute approximate surface area is 127 Å². The Balaban J connectivity index is 3.11. The van der Waals surface area contributed by atoms with Crippen LogP contribution in [0.3, 0.4) is 0 Å². The summed E-state index contributed by atoms with van der Waals surface area (Å²) in [6.45, 7) is 6.04. The van der Waals surface area contributed by atoms with Gasteiger partial charge in [0.1, 0.15) is 0 Å². The van der Waals surface area contributed by atoms with Crippen LogP contribution in [0, 0.1) is 0 Å². The maximum absolute atomic E-state index is 12.2. The molecule has 0 aliphatic rings. The zero-order chi connectivity index (χ0) is 16.0. The number of benzene rings is 1. The summed E-state index contributed by atoms with van der Waals surface area (Å²) in [5.41, 5.74) is 0.874. The second-order valence-corrected chi connectivity index (χ2v) is 7.70. The summed E-state index contributed by atoms with van der Waals surface area (Å²) in [6.07, 6.45) is 0. The molecule has 1 rings (SSSR count). The number of hydrogen-bond acceptors (Lipinski definition) is 5. The molecular formula is C15H25NO4S. The standard InChI is InChI=1S/C15H25NO4S/c1-6-16-13(10-21(17,18)11(2)3)12-7-8-14(19-4)15(9-12)20-5/h7-9,11,13,16H,6,10H2,1-5H3. The van der Waals surface area contributed by atoms with E-state index in [1.165, 1.54) is 0 Å². The lowest BCUT2D eigenvalue weighted by molar-refractivity contribution is 0.354. The minimum Gasteiger partial charge on any atom is -0.493 e. The molecule has 1 N–H and O–H groups in total. The van der Waals surface area contributed by atoms with Gasteiger partial charge < -0.3 is 14.8 Å². The van der Waals surface area contributed by atoms with Gasteiger partial charge in [0.15, 0.2) is 21.3 Å². The highest BCUT2D eigenvalue weighted by Gasteiger charge is 2.24. The normalized spacial score (nSPS) is 13.2. The lowest BCUT2D eigenvalue weighted by atomic mass is 10.1. The maximum atomic E-state index is 12.2. The molecule has 1 atom stereocenters. The van der Waals surface area contributed by atoms with Crippen molar-refractivity contribution in [2.24, 2.45) is 0 Å². The molecule has 0 saturated carbocycles. The third-order valence-electron chi connectivity index (χ3n) is 3.38. The fourth-order valence-corrected chi connectivity index (χ4v) is 3.17. The molecule has 0 heterocycles. The largest absolute Gasteiger partial charge is 0.493 e. The number of methoxy groups -OCH3 is 2. The minimum atomic E-state index is -3.14. The molecule has 21 heavy (non-hydrogen) atoms.